The molecule has 1 aromatic carbocycles. The Morgan fingerprint density at radius 1 is 1.19 bits per heavy atom. The summed E-state index contributed by atoms with van der Waals surface area (Å²) < 4.78 is 0.908. The van der Waals surface area contributed by atoms with E-state index in [1.165, 1.54) is 0 Å². The molecule has 1 aliphatic heterocycles. The van der Waals surface area contributed by atoms with Crippen LogP contribution in [0.15, 0.2) is 22.7 Å². The van der Waals surface area contributed by atoms with Crippen LogP contribution in [0.25, 0.3) is 0 Å². The molecule has 1 aromatic heterocycles. The van der Waals surface area contributed by atoms with Crippen molar-refractivity contribution in [1.29, 1.82) is 0 Å². The van der Waals surface area contributed by atoms with Gasteiger partial charge in [0.2, 0.25) is 17.8 Å². The molecule has 0 spiro atoms. The number of benzene rings is 1. The van der Waals surface area contributed by atoms with Gasteiger partial charge in [-0.2, -0.15) is 15.0 Å². The molecule has 0 unspecified atom stereocenters. The topological polar surface area (TPSA) is 80.0 Å². The van der Waals surface area contributed by atoms with Crippen LogP contribution in [-0.2, 0) is 0 Å². The van der Waals surface area contributed by atoms with Gasteiger partial charge in [0.15, 0.2) is 0 Å². The van der Waals surface area contributed by atoms with Crippen LogP contribution in [0.1, 0.15) is 12.8 Å². The second-order valence-electron chi connectivity index (χ2n) is 4.76. The van der Waals surface area contributed by atoms with Crippen LogP contribution < -0.4 is 16.0 Å². The Labute approximate surface area is 135 Å². The Balaban J connectivity index is 1.87. The number of nitrogens with two attached hydrogens (primary N) is 1. The number of rotatable bonds is 3. The lowest BCUT2D eigenvalue weighted by Gasteiger charge is -2.16. The van der Waals surface area contributed by atoms with Crippen molar-refractivity contribution in [3.63, 3.8) is 0 Å². The molecule has 1 saturated heterocycles. The number of halogens is 2. The van der Waals surface area contributed by atoms with Gasteiger partial charge in [-0.3, -0.25) is 0 Å². The molecule has 0 amide bonds. The molecule has 110 valence electrons. The summed E-state index contributed by atoms with van der Waals surface area (Å²) in [5, 5.41) is 3.66. The highest BCUT2D eigenvalue weighted by Crippen LogP contribution is 2.28. The molecule has 2 heterocycles. The van der Waals surface area contributed by atoms with E-state index in [1.54, 1.807) is 6.07 Å². The maximum Gasteiger partial charge on any atom is 0.233 e. The summed E-state index contributed by atoms with van der Waals surface area (Å²) in [5.41, 5.74) is 6.49. The Bertz CT molecular complexity index is 659. The predicted octanol–water partition coefficient (Wildman–Crippen LogP) is 3.21. The lowest BCUT2D eigenvalue weighted by Crippen LogP contribution is -2.21. The zero-order valence-corrected chi connectivity index (χ0v) is 13.5. The summed E-state index contributed by atoms with van der Waals surface area (Å²) in [5.74, 6) is 1.20. The van der Waals surface area contributed by atoms with Crippen molar-refractivity contribution in [1.82, 2.24) is 15.0 Å². The summed E-state index contributed by atoms with van der Waals surface area (Å²) in [6.07, 6.45) is 2.29. The van der Waals surface area contributed by atoms with E-state index < -0.39 is 0 Å². The van der Waals surface area contributed by atoms with Crippen LogP contribution in [0.3, 0.4) is 0 Å². The molecule has 0 bridgehead atoms. The second kappa shape index (κ2) is 6.03. The molecule has 1 aliphatic rings. The van der Waals surface area contributed by atoms with Crippen molar-refractivity contribution in [3.8, 4) is 0 Å². The van der Waals surface area contributed by atoms with Gasteiger partial charge in [-0.1, -0.05) is 27.5 Å². The third-order valence-electron chi connectivity index (χ3n) is 3.21. The van der Waals surface area contributed by atoms with Crippen molar-refractivity contribution < 1.29 is 0 Å². The van der Waals surface area contributed by atoms with Gasteiger partial charge in [0.25, 0.3) is 0 Å². The van der Waals surface area contributed by atoms with Gasteiger partial charge in [0.05, 0.1) is 10.7 Å². The Hall–Kier alpha value is -1.60. The van der Waals surface area contributed by atoms with E-state index in [-0.39, 0.29) is 5.95 Å². The van der Waals surface area contributed by atoms with Crippen molar-refractivity contribution in [2.45, 2.75) is 12.8 Å². The largest absolute Gasteiger partial charge is 0.368 e. The van der Waals surface area contributed by atoms with E-state index in [9.17, 15) is 0 Å². The third kappa shape index (κ3) is 3.36. The Morgan fingerprint density at radius 3 is 2.67 bits per heavy atom. The molecule has 6 nitrogen and oxygen atoms in total. The van der Waals surface area contributed by atoms with Gasteiger partial charge in [0.1, 0.15) is 0 Å². The first-order valence-electron chi connectivity index (χ1n) is 6.60. The molecule has 0 atom stereocenters. The fourth-order valence-electron chi connectivity index (χ4n) is 2.21. The first kappa shape index (κ1) is 14.3. The molecule has 0 radical (unpaired) electrons. The highest BCUT2D eigenvalue weighted by molar-refractivity contribution is 9.10. The molecule has 21 heavy (non-hydrogen) atoms. The van der Waals surface area contributed by atoms with Crippen LogP contribution in [0.4, 0.5) is 23.5 Å². The van der Waals surface area contributed by atoms with Crippen molar-refractivity contribution >= 4 is 51.1 Å². The maximum absolute atomic E-state index is 6.18. The Kier molecular flexibility index (Phi) is 4.12. The summed E-state index contributed by atoms with van der Waals surface area (Å²) in [7, 11) is 0. The number of aromatic nitrogens is 3. The SMILES string of the molecule is Nc1nc(Nc2ccc(Br)cc2Cl)nc(N2CCCC2)n1. The molecule has 1 fully saturated rings. The first-order chi connectivity index (χ1) is 10.1. The van der Waals surface area contributed by atoms with Crippen molar-refractivity contribution in [3.05, 3.63) is 27.7 Å². The molecule has 2 aromatic rings. The number of nitrogens with one attached hydrogen (secondary N) is 1. The minimum absolute atomic E-state index is 0.197. The standard InChI is InChI=1S/C13H14BrClN6/c14-8-3-4-10(9(15)7-8)17-12-18-11(16)19-13(20-12)21-5-1-2-6-21/h3-4,7H,1-2,5-6H2,(H3,16,17,18,19,20). The van der Waals surface area contributed by atoms with Gasteiger partial charge >= 0.3 is 0 Å². The minimum Gasteiger partial charge on any atom is -0.368 e. The lowest BCUT2D eigenvalue weighted by atomic mass is 10.3. The highest BCUT2D eigenvalue weighted by Gasteiger charge is 2.17. The van der Waals surface area contributed by atoms with E-state index >= 15 is 0 Å². The normalized spacial score (nSPS) is 14.5. The van der Waals surface area contributed by atoms with Crippen molar-refractivity contribution in [2.75, 3.05) is 29.0 Å². The zero-order valence-electron chi connectivity index (χ0n) is 11.2. The molecule has 8 heteroatoms. The van der Waals surface area contributed by atoms with Gasteiger partial charge in [-0.05, 0) is 31.0 Å². The lowest BCUT2D eigenvalue weighted by molar-refractivity contribution is 0.887. The molecule has 3 N–H and O–H groups in total. The number of hydrogen-bond donors (Lipinski definition) is 2. The molecular weight excluding hydrogens is 356 g/mol. The summed E-state index contributed by atoms with van der Waals surface area (Å²) in [6.45, 7) is 1.89. The predicted molar refractivity (Wildman–Crippen MR) is 88.1 cm³/mol. The minimum atomic E-state index is 0.197. The highest BCUT2D eigenvalue weighted by atomic mass is 79.9. The molecular formula is C13H14BrClN6. The van der Waals surface area contributed by atoms with E-state index in [4.69, 9.17) is 17.3 Å². The maximum atomic E-state index is 6.18. The van der Waals surface area contributed by atoms with E-state index in [0.29, 0.717) is 16.9 Å². The van der Waals surface area contributed by atoms with Gasteiger partial charge < -0.3 is 16.0 Å². The molecule has 0 aliphatic carbocycles. The monoisotopic (exact) mass is 368 g/mol. The second-order valence-corrected chi connectivity index (χ2v) is 6.08. The van der Waals surface area contributed by atoms with E-state index in [0.717, 1.165) is 36.1 Å². The van der Waals surface area contributed by atoms with Gasteiger partial charge in [-0.25, -0.2) is 0 Å². The zero-order chi connectivity index (χ0) is 14.8. The number of nitrogens with zero attached hydrogens (tertiary/aromatic N) is 4. The number of anilines is 4. The average molecular weight is 370 g/mol. The van der Waals surface area contributed by atoms with Gasteiger partial charge in [0, 0.05) is 17.6 Å². The number of nitrogen functional groups attached to an aromatic ring is 1. The van der Waals surface area contributed by atoms with Crippen LogP contribution in [-0.4, -0.2) is 28.0 Å². The smallest absolute Gasteiger partial charge is 0.233 e. The fraction of sp³-hybridized carbons (Fsp3) is 0.308. The molecule has 0 saturated carbocycles. The fourth-order valence-corrected chi connectivity index (χ4v) is 2.93. The summed E-state index contributed by atoms with van der Waals surface area (Å²) in [6, 6.07) is 5.54. The third-order valence-corrected chi connectivity index (χ3v) is 4.01. The quantitative estimate of drug-likeness (QED) is 0.865. The van der Waals surface area contributed by atoms with Gasteiger partial charge in [-0.15, -0.1) is 0 Å². The number of hydrogen-bond acceptors (Lipinski definition) is 6. The first-order valence-corrected chi connectivity index (χ1v) is 7.77. The average Bonchev–Trinajstić information content (AvgIpc) is 2.95. The van der Waals surface area contributed by atoms with Crippen LogP contribution in [0, 0.1) is 0 Å². The van der Waals surface area contributed by atoms with Crippen molar-refractivity contribution in [2.24, 2.45) is 0 Å². The Morgan fingerprint density at radius 2 is 1.95 bits per heavy atom. The van der Waals surface area contributed by atoms with Crippen LogP contribution >= 0.6 is 27.5 Å². The van der Waals surface area contributed by atoms with E-state index in [1.807, 2.05) is 12.1 Å². The summed E-state index contributed by atoms with van der Waals surface area (Å²) in [4.78, 5) is 14.8. The van der Waals surface area contributed by atoms with Crippen LogP contribution in [0.5, 0.6) is 0 Å². The van der Waals surface area contributed by atoms with E-state index in [2.05, 4.69) is 41.1 Å². The molecule has 3 rings (SSSR count). The summed E-state index contributed by atoms with van der Waals surface area (Å²) >= 11 is 9.55. The van der Waals surface area contributed by atoms with Crippen LogP contribution in [0.2, 0.25) is 5.02 Å².